The summed E-state index contributed by atoms with van der Waals surface area (Å²) in [7, 11) is -3.64. The highest BCUT2D eigenvalue weighted by molar-refractivity contribution is 7.89. The molecule has 134 valence electrons. The Labute approximate surface area is 148 Å². The Morgan fingerprint density at radius 1 is 1.16 bits per heavy atom. The highest BCUT2D eigenvalue weighted by atomic mass is 32.2. The van der Waals surface area contributed by atoms with E-state index in [0.717, 1.165) is 42.5 Å². The van der Waals surface area contributed by atoms with Crippen LogP contribution < -0.4 is 15.4 Å². The van der Waals surface area contributed by atoms with Crippen LogP contribution in [0.1, 0.15) is 24.2 Å². The first-order valence-corrected chi connectivity index (χ1v) is 9.93. The molecule has 1 aliphatic rings. The summed E-state index contributed by atoms with van der Waals surface area (Å²) in [5, 5.41) is 8.43. The molecular formula is C17H23N5O2S. The van der Waals surface area contributed by atoms with Crippen LogP contribution in [0, 0.1) is 6.92 Å². The van der Waals surface area contributed by atoms with Gasteiger partial charge in [-0.15, -0.1) is 0 Å². The second kappa shape index (κ2) is 7.37. The smallest absolute Gasteiger partial charge is 0.238 e. The van der Waals surface area contributed by atoms with Crippen LogP contribution in [0.25, 0.3) is 0 Å². The van der Waals surface area contributed by atoms with Crippen molar-refractivity contribution in [2.45, 2.75) is 31.1 Å². The van der Waals surface area contributed by atoms with Gasteiger partial charge in [-0.05, 0) is 43.9 Å². The van der Waals surface area contributed by atoms with E-state index < -0.39 is 10.0 Å². The zero-order valence-electron chi connectivity index (χ0n) is 14.3. The van der Waals surface area contributed by atoms with Crippen molar-refractivity contribution in [1.82, 2.24) is 9.97 Å². The third-order valence-electron chi connectivity index (χ3n) is 4.23. The standard InChI is InChI=1S/C17H23N5O2S/c1-13-20-16(12-17(21-13)22-10-2-3-11-22)19-9-8-14-4-6-15(7-5-14)25(18,23)24/h4-7,12H,2-3,8-11H2,1H3,(H2,18,23,24)(H,19,20,21). The van der Waals surface area contributed by atoms with Gasteiger partial charge in [0, 0.05) is 25.7 Å². The van der Waals surface area contributed by atoms with Crippen LogP contribution in [0.4, 0.5) is 11.6 Å². The molecule has 1 saturated heterocycles. The fraction of sp³-hybridized carbons (Fsp3) is 0.412. The average Bonchev–Trinajstić information content (AvgIpc) is 3.08. The Hall–Kier alpha value is -2.19. The minimum absolute atomic E-state index is 0.130. The van der Waals surface area contributed by atoms with E-state index in [1.807, 2.05) is 13.0 Å². The quantitative estimate of drug-likeness (QED) is 0.812. The number of anilines is 2. The van der Waals surface area contributed by atoms with Crippen molar-refractivity contribution >= 4 is 21.7 Å². The monoisotopic (exact) mass is 361 g/mol. The number of aryl methyl sites for hydroxylation is 1. The molecule has 3 rings (SSSR count). The van der Waals surface area contributed by atoms with E-state index >= 15 is 0 Å². The summed E-state index contributed by atoms with van der Waals surface area (Å²) in [4.78, 5) is 11.4. The molecule has 1 aliphatic heterocycles. The summed E-state index contributed by atoms with van der Waals surface area (Å²) in [5.41, 5.74) is 1.03. The number of benzene rings is 1. The van der Waals surface area contributed by atoms with Crippen LogP contribution in [0.15, 0.2) is 35.2 Å². The van der Waals surface area contributed by atoms with Gasteiger partial charge in [-0.3, -0.25) is 0 Å². The normalized spacial score (nSPS) is 14.7. The first-order valence-electron chi connectivity index (χ1n) is 8.38. The van der Waals surface area contributed by atoms with E-state index in [9.17, 15) is 8.42 Å². The van der Waals surface area contributed by atoms with Crippen LogP contribution in [0.5, 0.6) is 0 Å². The van der Waals surface area contributed by atoms with Gasteiger partial charge in [0.1, 0.15) is 17.5 Å². The van der Waals surface area contributed by atoms with Gasteiger partial charge in [0.2, 0.25) is 10.0 Å². The number of hydrogen-bond donors (Lipinski definition) is 2. The molecule has 2 heterocycles. The van der Waals surface area contributed by atoms with Crippen molar-refractivity contribution in [2.24, 2.45) is 5.14 Å². The molecule has 0 amide bonds. The molecule has 8 heteroatoms. The Kier molecular flexibility index (Phi) is 5.19. The van der Waals surface area contributed by atoms with Crippen LogP contribution in [-0.4, -0.2) is 38.0 Å². The van der Waals surface area contributed by atoms with Gasteiger partial charge in [-0.1, -0.05) is 12.1 Å². The first-order chi connectivity index (χ1) is 11.9. The molecule has 0 saturated carbocycles. The van der Waals surface area contributed by atoms with Gasteiger partial charge in [-0.2, -0.15) is 0 Å². The maximum atomic E-state index is 11.3. The number of primary sulfonamides is 1. The van der Waals surface area contributed by atoms with E-state index in [0.29, 0.717) is 6.54 Å². The van der Waals surface area contributed by atoms with Crippen molar-refractivity contribution in [2.75, 3.05) is 29.9 Å². The van der Waals surface area contributed by atoms with E-state index in [1.165, 1.54) is 25.0 Å². The van der Waals surface area contributed by atoms with Crippen LogP contribution >= 0.6 is 0 Å². The second-order valence-electron chi connectivity index (χ2n) is 6.22. The maximum Gasteiger partial charge on any atom is 0.238 e. The molecule has 1 aromatic heterocycles. The van der Waals surface area contributed by atoms with Crippen molar-refractivity contribution in [3.8, 4) is 0 Å². The van der Waals surface area contributed by atoms with E-state index in [2.05, 4.69) is 20.2 Å². The molecule has 0 unspecified atom stereocenters. The van der Waals surface area contributed by atoms with Gasteiger partial charge in [-0.25, -0.2) is 23.5 Å². The predicted octanol–water partition coefficient (Wildman–Crippen LogP) is 1.69. The van der Waals surface area contributed by atoms with Crippen molar-refractivity contribution in [3.63, 3.8) is 0 Å². The molecule has 0 aliphatic carbocycles. The minimum Gasteiger partial charge on any atom is -0.370 e. The number of hydrogen-bond acceptors (Lipinski definition) is 6. The zero-order chi connectivity index (χ0) is 17.9. The lowest BCUT2D eigenvalue weighted by Gasteiger charge is -2.17. The molecule has 7 nitrogen and oxygen atoms in total. The summed E-state index contributed by atoms with van der Waals surface area (Å²) in [6.45, 7) is 4.69. The highest BCUT2D eigenvalue weighted by Crippen LogP contribution is 2.20. The Bertz CT molecular complexity index is 831. The van der Waals surface area contributed by atoms with Crippen molar-refractivity contribution < 1.29 is 8.42 Å². The van der Waals surface area contributed by atoms with E-state index in [1.54, 1.807) is 12.1 Å². The van der Waals surface area contributed by atoms with E-state index in [4.69, 9.17) is 5.14 Å². The fourth-order valence-electron chi connectivity index (χ4n) is 2.93. The zero-order valence-corrected chi connectivity index (χ0v) is 15.1. The molecule has 1 aromatic carbocycles. The van der Waals surface area contributed by atoms with Crippen LogP contribution in [0.2, 0.25) is 0 Å². The Morgan fingerprint density at radius 3 is 2.48 bits per heavy atom. The number of aromatic nitrogens is 2. The van der Waals surface area contributed by atoms with Gasteiger partial charge < -0.3 is 10.2 Å². The molecule has 1 fully saturated rings. The number of nitrogens with zero attached hydrogens (tertiary/aromatic N) is 3. The molecule has 0 atom stereocenters. The fourth-order valence-corrected chi connectivity index (χ4v) is 3.45. The van der Waals surface area contributed by atoms with Gasteiger partial charge in [0.25, 0.3) is 0 Å². The van der Waals surface area contributed by atoms with Crippen LogP contribution in [0.3, 0.4) is 0 Å². The molecular weight excluding hydrogens is 338 g/mol. The largest absolute Gasteiger partial charge is 0.370 e. The maximum absolute atomic E-state index is 11.3. The molecule has 0 spiro atoms. The third-order valence-corrected chi connectivity index (χ3v) is 5.16. The number of rotatable bonds is 6. The van der Waals surface area contributed by atoms with Crippen LogP contribution in [-0.2, 0) is 16.4 Å². The predicted molar refractivity (Wildman–Crippen MR) is 98.2 cm³/mol. The summed E-state index contributed by atoms with van der Waals surface area (Å²) < 4.78 is 22.5. The van der Waals surface area contributed by atoms with Gasteiger partial charge in [0.15, 0.2) is 0 Å². The Morgan fingerprint density at radius 2 is 1.84 bits per heavy atom. The molecule has 3 N–H and O–H groups in total. The second-order valence-corrected chi connectivity index (χ2v) is 7.78. The lowest BCUT2D eigenvalue weighted by atomic mass is 10.1. The highest BCUT2D eigenvalue weighted by Gasteiger charge is 2.15. The van der Waals surface area contributed by atoms with Crippen molar-refractivity contribution in [1.29, 1.82) is 0 Å². The van der Waals surface area contributed by atoms with Crippen molar-refractivity contribution in [3.05, 3.63) is 41.7 Å². The third kappa shape index (κ3) is 4.67. The van der Waals surface area contributed by atoms with Gasteiger partial charge in [0.05, 0.1) is 4.90 Å². The lowest BCUT2D eigenvalue weighted by molar-refractivity contribution is 0.598. The summed E-state index contributed by atoms with van der Waals surface area (Å²) >= 11 is 0. The number of nitrogens with one attached hydrogen (secondary N) is 1. The Balaban J connectivity index is 1.60. The summed E-state index contributed by atoms with van der Waals surface area (Å²) in [6.07, 6.45) is 3.17. The van der Waals surface area contributed by atoms with E-state index in [-0.39, 0.29) is 4.90 Å². The molecule has 0 radical (unpaired) electrons. The first kappa shape index (κ1) is 17.6. The molecule has 25 heavy (non-hydrogen) atoms. The SMILES string of the molecule is Cc1nc(NCCc2ccc(S(N)(=O)=O)cc2)cc(N2CCCC2)n1. The van der Waals surface area contributed by atoms with Gasteiger partial charge >= 0.3 is 0 Å². The number of nitrogens with two attached hydrogens (primary N) is 1. The minimum atomic E-state index is -3.64. The molecule has 0 bridgehead atoms. The summed E-state index contributed by atoms with van der Waals surface area (Å²) in [5.74, 6) is 2.55. The topological polar surface area (TPSA) is 101 Å². The average molecular weight is 361 g/mol. The summed E-state index contributed by atoms with van der Waals surface area (Å²) in [6, 6.07) is 8.61. The number of sulfonamides is 1. The molecule has 2 aromatic rings. The lowest BCUT2D eigenvalue weighted by Crippen LogP contribution is -2.20.